The lowest BCUT2D eigenvalue weighted by Crippen LogP contribution is -2.42. The number of thiophene rings is 1. The van der Waals surface area contributed by atoms with Gasteiger partial charge >= 0.3 is 0 Å². The Bertz CT molecular complexity index is 848. The van der Waals surface area contributed by atoms with E-state index in [-0.39, 0.29) is 5.75 Å². The minimum absolute atomic E-state index is 0.0319. The Morgan fingerprint density at radius 2 is 2.12 bits per heavy atom. The van der Waals surface area contributed by atoms with Gasteiger partial charge < -0.3 is 10.6 Å². The first-order valence-electron chi connectivity index (χ1n) is 8.72. The molecule has 0 bridgehead atoms. The van der Waals surface area contributed by atoms with Crippen LogP contribution in [0.4, 0.5) is 5.69 Å². The lowest BCUT2D eigenvalue weighted by atomic mass is 10.2. The number of para-hydroxylation sites is 1. The third kappa shape index (κ3) is 4.56. The molecular formula is C18H24N4O2S2. The van der Waals surface area contributed by atoms with E-state index < -0.39 is 10.0 Å². The van der Waals surface area contributed by atoms with Gasteiger partial charge in [-0.2, -0.15) is 11.3 Å². The third-order valence-corrected chi connectivity index (χ3v) is 6.68. The zero-order valence-electron chi connectivity index (χ0n) is 14.8. The van der Waals surface area contributed by atoms with Crippen LogP contribution in [-0.4, -0.2) is 39.8 Å². The molecule has 1 aromatic carbocycles. The Kier molecular flexibility index (Phi) is 6.16. The van der Waals surface area contributed by atoms with Gasteiger partial charge in [0.05, 0.1) is 18.0 Å². The van der Waals surface area contributed by atoms with Crippen molar-refractivity contribution < 1.29 is 8.42 Å². The Balaban J connectivity index is 1.57. The Morgan fingerprint density at radius 3 is 2.88 bits per heavy atom. The molecule has 1 aromatic heterocycles. The molecule has 2 aromatic rings. The summed E-state index contributed by atoms with van der Waals surface area (Å²) in [4.78, 5) is 4.50. The molecule has 0 radical (unpaired) electrons. The smallest absolute Gasteiger partial charge is 0.236 e. The molecule has 0 saturated heterocycles. The molecule has 26 heavy (non-hydrogen) atoms. The van der Waals surface area contributed by atoms with Gasteiger partial charge in [-0.1, -0.05) is 18.2 Å². The number of nitrogens with one attached hydrogen (secondary N) is 2. The van der Waals surface area contributed by atoms with Crippen molar-refractivity contribution in [1.82, 2.24) is 10.6 Å². The van der Waals surface area contributed by atoms with Gasteiger partial charge in [0, 0.05) is 19.6 Å². The molecule has 0 aliphatic carbocycles. The van der Waals surface area contributed by atoms with Crippen LogP contribution in [0.3, 0.4) is 0 Å². The number of nitrogens with zero attached hydrogens (tertiary/aromatic N) is 2. The van der Waals surface area contributed by atoms with E-state index in [2.05, 4.69) is 21.0 Å². The van der Waals surface area contributed by atoms with Crippen molar-refractivity contribution in [2.75, 3.05) is 29.7 Å². The molecular weight excluding hydrogens is 368 g/mol. The topological polar surface area (TPSA) is 73.8 Å². The second-order valence-corrected chi connectivity index (χ2v) is 8.81. The highest BCUT2D eigenvalue weighted by atomic mass is 32.2. The lowest BCUT2D eigenvalue weighted by molar-refractivity contribution is 0.591. The van der Waals surface area contributed by atoms with E-state index >= 15 is 0 Å². The van der Waals surface area contributed by atoms with Crippen molar-refractivity contribution in [2.45, 2.75) is 19.9 Å². The molecule has 1 aliphatic rings. The maximum absolute atomic E-state index is 12.7. The van der Waals surface area contributed by atoms with E-state index in [0.29, 0.717) is 25.6 Å². The predicted molar refractivity (Wildman–Crippen MR) is 108 cm³/mol. The normalized spacial score (nSPS) is 14.3. The van der Waals surface area contributed by atoms with Crippen LogP contribution in [0.1, 0.15) is 18.1 Å². The molecule has 2 heterocycles. The van der Waals surface area contributed by atoms with Gasteiger partial charge in [0.25, 0.3) is 0 Å². The standard InChI is InChI=1S/C18H24N4O2S2/c1-2-19-18(21-13-15-8-11-25-14-15)20-9-12-26(23,24)22-10-7-16-5-3-4-6-17(16)22/h3-6,8,11,14H,2,7,9-10,12-13H2,1H3,(H2,19,20,21). The summed E-state index contributed by atoms with van der Waals surface area (Å²) >= 11 is 1.64. The molecule has 0 saturated carbocycles. The van der Waals surface area contributed by atoms with Crippen molar-refractivity contribution >= 4 is 33.0 Å². The average Bonchev–Trinajstić information content (AvgIpc) is 3.29. The molecule has 6 nitrogen and oxygen atoms in total. The minimum Gasteiger partial charge on any atom is -0.357 e. The summed E-state index contributed by atoms with van der Waals surface area (Å²) < 4.78 is 26.9. The summed E-state index contributed by atoms with van der Waals surface area (Å²) in [6.07, 6.45) is 0.771. The summed E-state index contributed by atoms with van der Waals surface area (Å²) in [5.41, 5.74) is 3.05. The third-order valence-electron chi connectivity index (χ3n) is 4.18. The van der Waals surface area contributed by atoms with Crippen LogP contribution in [0.2, 0.25) is 0 Å². The second kappa shape index (κ2) is 8.55. The predicted octanol–water partition coefficient (Wildman–Crippen LogP) is 2.20. The zero-order valence-corrected chi connectivity index (χ0v) is 16.4. The highest BCUT2D eigenvalue weighted by molar-refractivity contribution is 7.92. The van der Waals surface area contributed by atoms with Crippen LogP contribution >= 0.6 is 11.3 Å². The second-order valence-electron chi connectivity index (χ2n) is 6.02. The molecule has 0 amide bonds. The van der Waals surface area contributed by atoms with E-state index in [1.165, 1.54) is 4.31 Å². The number of rotatable bonds is 7. The van der Waals surface area contributed by atoms with Crippen LogP contribution in [0, 0.1) is 0 Å². The fourth-order valence-electron chi connectivity index (χ4n) is 2.90. The molecule has 8 heteroatoms. The fraction of sp³-hybridized carbons (Fsp3) is 0.389. The van der Waals surface area contributed by atoms with E-state index in [4.69, 9.17) is 0 Å². The minimum atomic E-state index is -3.35. The van der Waals surface area contributed by atoms with E-state index in [0.717, 1.165) is 29.8 Å². The van der Waals surface area contributed by atoms with Crippen LogP contribution < -0.4 is 14.9 Å². The van der Waals surface area contributed by atoms with Gasteiger partial charge in [0.15, 0.2) is 5.96 Å². The van der Waals surface area contributed by atoms with Crippen LogP contribution in [-0.2, 0) is 23.0 Å². The number of hydrogen-bond donors (Lipinski definition) is 2. The summed E-state index contributed by atoms with van der Waals surface area (Å²) in [5.74, 6) is 0.667. The van der Waals surface area contributed by atoms with Gasteiger partial charge in [0.2, 0.25) is 10.0 Å². The van der Waals surface area contributed by atoms with Gasteiger partial charge in [0.1, 0.15) is 0 Å². The summed E-state index contributed by atoms with van der Waals surface area (Å²) in [5, 5.41) is 10.4. The number of sulfonamides is 1. The number of guanidine groups is 1. The Hall–Kier alpha value is -2.06. The number of hydrogen-bond acceptors (Lipinski definition) is 4. The first-order valence-corrected chi connectivity index (χ1v) is 11.3. The summed E-state index contributed by atoms with van der Waals surface area (Å²) in [6, 6.07) is 9.73. The highest BCUT2D eigenvalue weighted by Gasteiger charge is 2.28. The van der Waals surface area contributed by atoms with E-state index in [1.54, 1.807) is 11.3 Å². The van der Waals surface area contributed by atoms with Crippen molar-refractivity contribution in [3.8, 4) is 0 Å². The maximum Gasteiger partial charge on any atom is 0.236 e. The van der Waals surface area contributed by atoms with Crippen LogP contribution in [0.25, 0.3) is 0 Å². The monoisotopic (exact) mass is 392 g/mol. The van der Waals surface area contributed by atoms with Gasteiger partial charge in [-0.15, -0.1) is 0 Å². The largest absolute Gasteiger partial charge is 0.357 e. The first-order chi connectivity index (χ1) is 12.6. The number of fused-ring (bicyclic) bond motifs is 1. The average molecular weight is 393 g/mol. The van der Waals surface area contributed by atoms with Gasteiger partial charge in [-0.05, 0) is 47.4 Å². The summed E-state index contributed by atoms with van der Waals surface area (Å²) in [6.45, 7) is 4.12. The highest BCUT2D eigenvalue weighted by Crippen LogP contribution is 2.29. The van der Waals surface area contributed by atoms with E-state index in [9.17, 15) is 8.42 Å². The quantitative estimate of drug-likeness (QED) is 0.560. The van der Waals surface area contributed by atoms with Crippen molar-refractivity contribution in [3.63, 3.8) is 0 Å². The van der Waals surface area contributed by atoms with Crippen LogP contribution in [0.15, 0.2) is 46.1 Å². The van der Waals surface area contributed by atoms with Crippen molar-refractivity contribution in [3.05, 3.63) is 52.2 Å². The maximum atomic E-state index is 12.7. The first kappa shape index (κ1) is 18.7. The number of anilines is 1. The zero-order chi connectivity index (χ0) is 18.4. The number of benzene rings is 1. The molecule has 1 aliphatic heterocycles. The van der Waals surface area contributed by atoms with Crippen molar-refractivity contribution in [1.29, 1.82) is 0 Å². The molecule has 140 valence electrons. The number of aliphatic imine (C=N–C) groups is 1. The molecule has 0 unspecified atom stereocenters. The van der Waals surface area contributed by atoms with Gasteiger partial charge in [-0.25, -0.2) is 13.4 Å². The Labute approximate surface area is 159 Å². The SMILES string of the molecule is CCNC(=NCc1ccsc1)NCCS(=O)(=O)N1CCc2ccccc21. The summed E-state index contributed by atoms with van der Waals surface area (Å²) in [7, 11) is -3.35. The molecule has 3 rings (SSSR count). The molecule has 0 spiro atoms. The molecule has 0 atom stereocenters. The Morgan fingerprint density at radius 1 is 1.27 bits per heavy atom. The molecule has 0 fully saturated rings. The lowest BCUT2D eigenvalue weighted by Gasteiger charge is -2.20. The van der Waals surface area contributed by atoms with Crippen LogP contribution in [0.5, 0.6) is 0 Å². The fourth-order valence-corrected chi connectivity index (χ4v) is 4.99. The van der Waals surface area contributed by atoms with Gasteiger partial charge in [-0.3, -0.25) is 4.31 Å². The van der Waals surface area contributed by atoms with E-state index in [1.807, 2.05) is 42.6 Å². The molecule has 2 N–H and O–H groups in total. The van der Waals surface area contributed by atoms with Crippen molar-refractivity contribution in [2.24, 2.45) is 4.99 Å².